The van der Waals surface area contributed by atoms with Gasteiger partial charge in [-0.3, -0.25) is 0 Å². The van der Waals surface area contributed by atoms with Gasteiger partial charge in [0.15, 0.2) is 0 Å². The summed E-state index contributed by atoms with van der Waals surface area (Å²) in [5.41, 5.74) is 3.58. The van der Waals surface area contributed by atoms with Crippen molar-refractivity contribution in [2.75, 3.05) is 0 Å². The Morgan fingerprint density at radius 2 is 1.71 bits per heavy atom. The molecule has 21 heavy (non-hydrogen) atoms. The highest BCUT2D eigenvalue weighted by Gasteiger charge is 2.12. The van der Waals surface area contributed by atoms with E-state index in [-0.39, 0.29) is 0 Å². The number of aromatic nitrogens is 3. The number of halogens is 3. The SMILES string of the molecule is Clc1ccc2[nH]cc(-c3nc4cc(Cl)c(Cl)cc4[nH]3)c2c1. The van der Waals surface area contributed by atoms with Gasteiger partial charge in [0.25, 0.3) is 0 Å². The summed E-state index contributed by atoms with van der Waals surface area (Å²) in [5, 5.41) is 2.69. The van der Waals surface area contributed by atoms with Crippen LogP contribution in [0.4, 0.5) is 0 Å². The van der Waals surface area contributed by atoms with Gasteiger partial charge in [-0.05, 0) is 30.3 Å². The normalized spacial score (nSPS) is 11.6. The summed E-state index contributed by atoms with van der Waals surface area (Å²) in [6, 6.07) is 9.23. The average molecular weight is 337 g/mol. The summed E-state index contributed by atoms with van der Waals surface area (Å²) < 4.78 is 0. The van der Waals surface area contributed by atoms with Gasteiger partial charge >= 0.3 is 0 Å². The van der Waals surface area contributed by atoms with Crippen molar-refractivity contribution >= 4 is 56.7 Å². The minimum absolute atomic E-state index is 0.490. The molecule has 4 aromatic rings. The van der Waals surface area contributed by atoms with Gasteiger partial charge < -0.3 is 9.97 Å². The average Bonchev–Trinajstić information content (AvgIpc) is 3.02. The Labute approximate surface area is 134 Å². The van der Waals surface area contributed by atoms with Crippen LogP contribution in [0.25, 0.3) is 33.3 Å². The number of aromatic amines is 2. The Bertz CT molecular complexity index is 946. The lowest BCUT2D eigenvalue weighted by Gasteiger charge is -1.95. The third-order valence-corrected chi connectivity index (χ3v) is 4.38. The molecule has 0 radical (unpaired) electrons. The molecule has 0 atom stereocenters. The fourth-order valence-electron chi connectivity index (χ4n) is 2.42. The summed E-state index contributed by atoms with van der Waals surface area (Å²) in [5.74, 6) is 0.747. The minimum Gasteiger partial charge on any atom is -0.360 e. The number of hydrogen-bond acceptors (Lipinski definition) is 1. The van der Waals surface area contributed by atoms with E-state index in [0.29, 0.717) is 15.1 Å². The van der Waals surface area contributed by atoms with Gasteiger partial charge in [0.1, 0.15) is 5.82 Å². The topological polar surface area (TPSA) is 44.5 Å². The molecule has 3 nitrogen and oxygen atoms in total. The van der Waals surface area contributed by atoms with Gasteiger partial charge in [0, 0.05) is 27.7 Å². The van der Waals surface area contributed by atoms with E-state index in [1.54, 1.807) is 12.1 Å². The van der Waals surface area contributed by atoms with Gasteiger partial charge in [-0.15, -0.1) is 0 Å². The molecule has 6 heteroatoms. The Balaban J connectivity index is 1.97. The lowest BCUT2D eigenvalue weighted by Crippen LogP contribution is -1.77. The fourth-order valence-corrected chi connectivity index (χ4v) is 2.91. The van der Waals surface area contributed by atoms with Crippen molar-refractivity contribution in [3.8, 4) is 11.4 Å². The van der Waals surface area contributed by atoms with Crippen LogP contribution in [0.5, 0.6) is 0 Å². The van der Waals surface area contributed by atoms with Crippen molar-refractivity contribution in [3.05, 3.63) is 51.6 Å². The first-order valence-corrected chi connectivity index (χ1v) is 7.37. The van der Waals surface area contributed by atoms with Crippen LogP contribution in [0.3, 0.4) is 0 Å². The molecule has 0 aliphatic rings. The summed E-state index contributed by atoms with van der Waals surface area (Å²) >= 11 is 18.1. The predicted octanol–water partition coefficient (Wildman–Crippen LogP) is 5.67. The molecule has 104 valence electrons. The molecular weight excluding hydrogens is 329 g/mol. The number of H-pyrrole nitrogens is 2. The summed E-state index contributed by atoms with van der Waals surface area (Å²) in [6.45, 7) is 0. The van der Waals surface area contributed by atoms with Crippen LogP contribution < -0.4 is 0 Å². The van der Waals surface area contributed by atoms with Crippen LogP contribution in [-0.4, -0.2) is 15.0 Å². The molecule has 0 unspecified atom stereocenters. The van der Waals surface area contributed by atoms with Crippen LogP contribution in [0.1, 0.15) is 0 Å². The molecule has 2 aromatic carbocycles. The first kappa shape index (κ1) is 13.0. The second-order valence-corrected chi connectivity index (χ2v) is 6.01. The highest BCUT2D eigenvalue weighted by molar-refractivity contribution is 6.42. The predicted molar refractivity (Wildman–Crippen MR) is 88.4 cm³/mol. The smallest absolute Gasteiger partial charge is 0.140 e. The van der Waals surface area contributed by atoms with Crippen LogP contribution >= 0.6 is 34.8 Å². The summed E-state index contributed by atoms with van der Waals surface area (Å²) in [6.07, 6.45) is 1.90. The molecule has 0 saturated carbocycles. The lowest BCUT2D eigenvalue weighted by atomic mass is 10.2. The number of hydrogen-bond donors (Lipinski definition) is 2. The maximum absolute atomic E-state index is 6.08. The molecular formula is C15H8Cl3N3. The Morgan fingerprint density at radius 3 is 2.57 bits per heavy atom. The lowest BCUT2D eigenvalue weighted by molar-refractivity contribution is 1.34. The molecule has 0 aliphatic heterocycles. The molecule has 4 rings (SSSR count). The second-order valence-electron chi connectivity index (χ2n) is 4.76. The number of rotatable bonds is 1. The van der Waals surface area contributed by atoms with Crippen molar-refractivity contribution in [3.63, 3.8) is 0 Å². The van der Waals surface area contributed by atoms with Crippen molar-refractivity contribution in [2.24, 2.45) is 0 Å². The monoisotopic (exact) mass is 335 g/mol. The number of benzene rings is 2. The zero-order valence-electron chi connectivity index (χ0n) is 10.5. The van der Waals surface area contributed by atoms with Crippen LogP contribution in [0.2, 0.25) is 15.1 Å². The van der Waals surface area contributed by atoms with Crippen LogP contribution in [0, 0.1) is 0 Å². The number of nitrogens with zero attached hydrogens (tertiary/aromatic N) is 1. The van der Waals surface area contributed by atoms with Gasteiger partial charge in [0.05, 0.1) is 21.1 Å². The van der Waals surface area contributed by atoms with Crippen molar-refractivity contribution in [1.29, 1.82) is 0 Å². The second kappa shape index (κ2) is 4.67. The molecule has 0 saturated heterocycles. The molecule has 2 N–H and O–H groups in total. The number of imidazole rings is 1. The molecule has 0 amide bonds. The zero-order valence-corrected chi connectivity index (χ0v) is 12.8. The van der Waals surface area contributed by atoms with E-state index in [4.69, 9.17) is 34.8 Å². The maximum atomic E-state index is 6.08. The maximum Gasteiger partial charge on any atom is 0.140 e. The van der Waals surface area contributed by atoms with E-state index in [9.17, 15) is 0 Å². The third kappa shape index (κ3) is 2.09. The van der Waals surface area contributed by atoms with E-state index in [2.05, 4.69) is 15.0 Å². The van der Waals surface area contributed by atoms with E-state index in [1.165, 1.54) is 0 Å². The molecule has 0 bridgehead atoms. The Kier molecular flexibility index (Phi) is 2.89. The quantitative estimate of drug-likeness (QED) is 0.462. The van der Waals surface area contributed by atoms with Crippen molar-refractivity contribution in [2.45, 2.75) is 0 Å². The summed E-state index contributed by atoms with van der Waals surface area (Å²) in [4.78, 5) is 11.0. The van der Waals surface area contributed by atoms with Crippen LogP contribution in [0.15, 0.2) is 36.5 Å². The summed E-state index contributed by atoms with van der Waals surface area (Å²) in [7, 11) is 0. The standard InChI is InChI=1S/C15H8Cl3N3/c16-7-1-2-12-8(3-7)9(6-19-12)15-20-13-4-10(17)11(18)5-14(13)21-15/h1-6,19H,(H,20,21). The molecule has 0 spiro atoms. The van der Waals surface area contributed by atoms with E-state index in [0.717, 1.165) is 33.3 Å². The highest BCUT2D eigenvalue weighted by atomic mass is 35.5. The van der Waals surface area contributed by atoms with E-state index < -0.39 is 0 Å². The molecule has 2 aromatic heterocycles. The van der Waals surface area contributed by atoms with E-state index >= 15 is 0 Å². The van der Waals surface area contributed by atoms with Gasteiger partial charge in [0.2, 0.25) is 0 Å². The molecule has 2 heterocycles. The highest BCUT2D eigenvalue weighted by Crippen LogP contribution is 2.32. The number of nitrogens with one attached hydrogen (secondary N) is 2. The third-order valence-electron chi connectivity index (χ3n) is 3.42. The fraction of sp³-hybridized carbons (Fsp3) is 0. The van der Waals surface area contributed by atoms with Crippen LogP contribution in [-0.2, 0) is 0 Å². The first-order valence-electron chi connectivity index (χ1n) is 6.23. The molecule has 0 fully saturated rings. The zero-order chi connectivity index (χ0) is 14.6. The van der Waals surface area contributed by atoms with Gasteiger partial charge in [-0.1, -0.05) is 34.8 Å². The first-order chi connectivity index (χ1) is 10.1. The van der Waals surface area contributed by atoms with Crippen molar-refractivity contribution < 1.29 is 0 Å². The molecule has 0 aliphatic carbocycles. The van der Waals surface area contributed by atoms with Crippen molar-refractivity contribution in [1.82, 2.24) is 15.0 Å². The Morgan fingerprint density at radius 1 is 0.905 bits per heavy atom. The van der Waals surface area contributed by atoms with E-state index in [1.807, 2.05) is 24.4 Å². The van der Waals surface area contributed by atoms with Gasteiger partial charge in [-0.2, -0.15) is 0 Å². The number of fused-ring (bicyclic) bond motifs is 2. The Hall–Kier alpha value is -1.68. The van der Waals surface area contributed by atoms with Gasteiger partial charge in [-0.25, -0.2) is 4.98 Å². The minimum atomic E-state index is 0.490. The largest absolute Gasteiger partial charge is 0.360 e.